The van der Waals surface area contributed by atoms with E-state index in [1.165, 1.54) is 11.0 Å². The fourth-order valence-corrected chi connectivity index (χ4v) is 4.69. The second-order valence-electron chi connectivity index (χ2n) is 9.12. The molecule has 1 atom stereocenters. The number of carbonyl (C=O) groups is 3. The summed E-state index contributed by atoms with van der Waals surface area (Å²) in [7, 11) is 0. The van der Waals surface area contributed by atoms with Gasteiger partial charge < -0.3 is 19.1 Å². The summed E-state index contributed by atoms with van der Waals surface area (Å²) < 4.78 is 16.7. The van der Waals surface area contributed by atoms with Crippen molar-refractivity contribution in [1.82, 2.24) is 9.88 Å². The molecular formula is C30H28N2O6. The Morgan fingerprint density at radius 2 is 1.87 bits per heavy atom. The van der Waals surface area contributed by atoms with Gasteiger partial charge in [0.05, 0.1) is 42.2 Å². The van der Waals surface area contributed by atoms with Crippen molar-refractivity contribution in [2.45, 2.75) is 39.0 Å². The number of cyclic esters (lactones) is 1. The van der Waals surface area contributed by atoms with E-state index in [0.29, 0.717) is 11.4 Å². The minimum absolute atomic E-state index is 0.182. The smallest absolute Gasteiger partial charge is 0.342 e. The van der Waals surface area contributed by atoms with Crippen molar-refractivity contribution < 1.29 is 28.6 Å². The molecule has 0 N–H and O–H groups in total. The van der Waals surface area contributed by atoms with Crippen LogP contribution in [-0.4, -0.2) is 46.5 Å². The van der Waals surface area contributed by atoms with E-state index < -0.39 is 23.4 Å². The molecule has 38 heavy (non-hydrogen) atoms. The van der Waals surface area contributed by atoms with Crippen LogP contribution in [0.25, 0.3) is 16.6 Å². The second-order valence-corrected chi connectivity index (χ2v) is 9.12. The van der Waals surface area contributed by atoms with E-state index in [4.69, 9.17) is 19.2 Å². The van der Waals surface area contributed by atoms with Crippen LogP contribution in [-0.2, 0) is 41.7 Å². The Labute approximate surface area is 220 Å². The average Bonchev–Trinajstić information content (AvgIpc) is 3.28. The summed E-state index contributed by atoms with van der Waals surface area (Å²) in [5.41, 5.74) is 2.21. The van der Waals surface area contributed by atoms with E-state index in [0.717, 1.165) is 22.0 Å². The quantitative estimate of drug-likeness (QED) is 0.344. The minimum Gasteiger partial charge on any atom is -0.463 e. The van der Waals surface area contributed by atoms with E-state index in [1.54, 1.807) is 13.0 Å². The van der Waals surface area contributed by atoms with Crippen molar-refractivity contribution in [3.05, 3.63) is 95.2 Å². The zero-order valence-electron chi connectivity index (χ0n) is 21.3. The van der Waals surface area contributed by atoms with Crippen LogP contribution >= 0.6 is 0 Å². The lowest BCUT2D eigenvalue weighted by molar-refractivity contribution is -0.170. The zero-order chi connectivity index (χ0) is 26.7. The van der Waals surface area contributed by atoms with Crippen LogP contribution in [0.5, 0.6) is 0 Å². The molecule has 2 aromatic carbocycles. The predicted octanol–water partition coefficient (Wildman–Crippen LogP) is 4.33. The van der Waals surface area contributed by atoms with Crippen LogP contribution in [0, 0.1) is 0 Å². The average molecular weight is 513 g/mol. The first-order valence-electron chi connectivity index (χ1n) is 12.6. The Morgan fingerprint density at radius 1 is 1.11 bits per heavy atom. The molecule has 0 spiro atoms. The molecule has 0 radical (unpaired) electrons. The molecule has 0 saturated heterocycles. The van der Waals surface area contributed by atoms with E-state index in [2.05, 4.69) is 0 Å². The molecule has 3 aromatic rings. The zero-order valence-corrected chi connectivity index (χ0v) is 21.3. The molecule has 5 rings (SSSR count). The number of rotatable bonds is 7. The van der Waals surface area contributed by atoms with Gasteiger partial charge in [-0.05, 0) is 37.1 Å². The number of hydrogen-bond donors (Lipinski definition) is 0. The Kier molecular flexibility index (Phi) is 7.07. The van der Waals surface area contributed by atoms with E-state index in [1.807, 2.05) is 67.6 Å². The molecule has 8 heteroatoms. The summed E-state index contributed by atoms with van der Waals surface area (Å²) in [4.78, 5) is 45.4. The number of fused-ring (bicyclic) bond motifs is 2. The van der Waals surface area contributed by atoms with Gasteiger partial charge in [-0.1, -0.05) is 55.5 Å². The number of benzene rings is 2. The Bertz CT molecular complexity index is 1460. The van der Waals surface area contributed by atoms with Crippen LogP contribution in [0.1, 0.15) is 37.1 Å². The molecular weight excluding hydrogens is 484 g/mol. The van der Waals surface area contributed by atoms with Crippen molar-refractivity contribution in [1.29, 1.82) is 0 Å². The maximum absolute atomic E-state index is 13.9. The van der Waals surface area contributed by atoms with Crippen molar-refractivity contribution in [3.8, 4) is 0 Å². The van der Waals surface area contributed by atoms with Gasteiger partial charge in [0, 0.05) is 17.0 Å². The highest BCUT2D eigenvalue weighted by atomic mass is 16.6. The van der Waals surface area contributed by atoms with Gasteiger partial charge in [-0.25, -0.2) is 14.6 Å². The molecule has 1 amide bonds. The number of carbonyl (C=O) groups excluding carboxylic acids is 3. The van der Waals surface area contributed by atoms with E-state index >= 15 is 0 Å². The number of hydrogen-bond acceptors (Lipinski definition) is 7. The molecule has 3 heterocycles. The standard InChI is InChI=1S/C30H28N2O6/c1-3-30(38-18-20-10-6-5-7-11-20)16-23(19-37-29(30)35)28(34)32-17-22-14-21-12-8-9-13-24(21)31-27(22)25(32)15-26(33)36-4-2/h5-16H,3-4,17-19H2,1-2H3/b25-15+. The molecule has 194 valence electrons. The number of para-hydroxylation sites is 1. The molecule has 0 saturated carbocycles. The maximum atomic E-state index is 13.9. The predicted molar refractivity (Wildman–Crippen MR) is 140 cm³/mol. The van der Waals surface area contributed by atoms with Gasteiger partial charge in [0.2, 0.25) is 0 Å². The van der Waals surface area contributed by atoms with Crippen LogP contribution in [0.15, 0.2) is 78.4 Å². The number of esters is 2. The molecule has 1 aromatic heterocycles. The highest BCUT2D eigenvalue weighted by Gasteiger charge is 2.44. The number of amides is 1. The lowest BCUT2D eigenvalue weighted by Crippen LogP contribution is -2.46. The van der Waals surface area contributed by atoms with Gasteiger partial charge in [0.15, 0.2) is 5.60 Å². The summed E-state index contributed by atoms with van der Waals surface area (Å²) in [6.07, 6.45) is 3.15. The largest absolute Gasteiger partial charge is 0.463 e. The minimum atomic E-state index is -1.40. The fourth-order valence-electron chi connectivity index (χ4n) is 4.69. The van der Waals surface area contributed by atoms with Crippen molar-refractivity contribution in [3.63, 3.8) is 0 Å². The summed E-state index contributed by atoms with van der Waals surface area (Å²) >= 11 is 0. The van der Waals surface area contributed by atoms with Gasteiger partial charge in [0.1, 0.15) is 6.61 Å². The first-order chi connectivity index (χ1) is 18.4. The van der Waals surface area contributed by atoms with E-state index in [9.17, 15) is 14.4 Å². The molecule has 2 aliphatic heterocycles. The topological polar surface area (TPSA) is 95.0 Å². The van der Waals surface area contributed by atoms with E-state index in [-0.39, 0.29) is 38.4 Å². The maximum Gasteiger partial charge on any atom is 0.342 e. The van der Waals surface area contributed by atoms with Crippen LogP contribution in [0.4, 0.5) is 0 Å². The third-order valence-corrected chi connectivity index (χ3v) is 6.70. The van der Waals surface area contributed by atoms with Crippen molar-refractivity contribution >= 4 is 34.4 Å². The second kappa shape index (κ2) is 10.6. The van der Waals surface area contributed by atoms with Gasteiger partial charge in [-0.3, -0.25) is 4.79 Å². The molecule has 0 bridgehead atoms. The molecule has 8 nitrogen and oxygen atoms in total. The summed E-state index contributed by atoms with van der Waals surface area (Å²) in [5, 5.41) is 0.932. The summed E-state index contributed by atoms with van der Waals surface area (Å²) in [5.74, 6) is -1.50. The third-order valence-electron chi connectivity index (χ3n) is 6.70. The molecule has 0 fully saturated rings. The van der Waals surface area contributed by atoms with Gasteiger partial charge in [-0.2, -0.15) is 0 Å². The Hall–Kier alpha value is -4.30. The fraction of sp³-hybridized carbons (Fsp3) is 0.267. The lowest BCUT2D eigenvalue weighted by atomic mass is 9.94. The number of ether oxygens (including phenoxy) is 3. The summed E-state index contributed by atoms with van der Waals surface area (Å²) in [6.45, 7) is 3.93. The van der Waals surface area contributed by atoms with Crippen LogP contribution in [0.3, 0.4) is 0 Å². The first-order valence-corrected chi connectivity index (χ1v) is 12.6. The molecule has 2 aliphatic rings. The SMILES string of the molecule is CCOC(=O)/C=C1\c2nc3ccccc3cc2CN1C(=O)C1=CC(CC)(OCc2ccccc2)C(=O)OC1. The van der Waals surface area contributed by atoms with Crippen LogP contribution < -0.4 is 0 Å². The highest BCUT2D eigenvalue weighted by molar-refractivity contribution is 6.05. The number of aromatic nitrogens is 1. The lowest BCUT2D eigenvalue weighted by Gasteiger charge is -2.33. The van der Waals surface area contributed by atoms with Crippen molar-refractivity contribution in [2.75, 3.05) is 13.2 Å². The first kappa shape index (κ1) is 25.4. The monoisotopic (exact) mass is 512 g/mol. The normalized spacial score (nSPS) is 19.7. The molecule has 1 unspecified atom stereocenters. The highest BCUT2D eigenvalue weighted by Crippen LogP contribution is 2.36. The number of pyridine rings is 1. The number of nitrogens with zero attached hydrogens (tertiary/aromatic N) is 2. The van der Waals surface area contributed by atoms with Gasteiger partial charge >= 0.3 is 11.9 Å². The van der Waals surface area contributed by atoms with Gasteiger partial charge in [-0.15, -0.1) is 0 Å². The molecule has 0 aliphatic carbocycles. The van der Waals surface area contributed by atoms with Gasteiger partial charge in [0.25, 0.3) is 5.91 Å². The Balaban J connectivity index is 1.50. The van der Waals surface area contributed by atoms with Crippen molar-refractivity contribution in [2.24, 2.45) is 0 Å². The summed E-state index contributed by atoms with van der Waals surface area (Å²) in [6, 6.07) is 19.1. The third kappa shape index (κ3) is 4.82. The Morgan fingerprint density at radius 3 is 2.63 bits per heavy atom. The van der Waals surface area contributed by atoms with Crippen LogP contribution in [0.2, 0.25) is 0 Å².